The number of nitriles is 1. The van der Waals surface area contributed by atoms with E-state index in [1.54, 1.807) is 25.3 Å². The number of benzene rings is 3. The van der Waals surface area contributed by atoms with E-state index >= 15 is 0 Å². The Hall–Kier alpha value is -5.34. The molecule has 6 rings (SSSR count). The molecule has 0 aliphatic carbocycles. The van der Waals surface area contributed by atoms with Crippen LogP contribution in [-0.2, 0) is 29.0 Å². The number of carboxylic acids is 1. The van der Waals surface area contributed by atoms with Crippen LogP contribution in [0.25, 0.3) is 11.4 Å². The number of aromatic nitrogens is 2. The van der Waals surface area contributed by atoms with Crippen molar-refractivity contribution in [1.29, 1.82) is 5.26 Å². The van der Waals surface area contributed by atoms with Crippen LogP contribution in [0.4, 0.5) is 11.4 Å². The van der Waals surface area contributed by atoms with E-state index in [2.05, 4.69) is 38.0 Å². The number of carbonyl (C=O) groups excluding carboxylic acids is 2. The van der Waals surface area contributed by atoms with Gasteiger partial charge in [0.05, 0.1) is 22.7 Å². The third-order valence-corrected chi connectivity index (χ3v) is 6.50. The topological polar surface area (TPSA) is 177 Å². The normalized spacial score (nSPS) is 11.3. The number of nitrogens with two attached hydrogens (primary N) is 2. The van der Waals surface area contributed by atoms with E-state index in [0.717, 1.165) is 60.9 Å². The molecule has 44 heavy (non-hydrogen) atoms. The van der Waals surface area contributed by atoms with E-state index in [1.807, 2.05) is 65.2 Å². The number of hydrogen-bond acceptors (Lipinski definition) is 8. The Kier molecular flexibility index (Phi) is 14.5. The van der Waals surface area contributed by atoms with Gasteiger partial charge >= 0.3 is 0 Å². The van der Waals surface area contributed by atoms with Crippen LogP contribution in [0.3, 0.4) is 0 Å². The predicted molar refractivity (Wildman–Crippen MR) is 176 cm³/mol. The van der Waals surface area contributed by atoms with Gasteiger partial charge in [0, 0.05) is 37.3 Å². The standard InChI is InChI=1S/C11H8N2O.2C8H8N2.C4H5BrO.C2H4O2/c14-7-9-6-13-5-8-3-1-2-4-10(8)11(13)12-9;9-8-5-6-3-1-2-4-7(6)10-8;9-6-5-7-3-1-2-4-8(7)10;1-2-4(5)3-6;1-2(3)4/h1-4,6-7H,5H2;1-4H,5H2,(H2,9,10);1-4H,5,10H2;2-3H,1H3;1H3,(H,3,4)/b;;;4-2+;. The second-order valence-corrected chi connectivity index (χ2v) is 10.1. The third-order valence-electron chi connectivity index (χ3n) is 5.86. The lowest BCUT2D eigenvalue weighted by Crippen LogP contribution is -2.09. The maximum Gasteiger partial charge on any atom is 0.300 e. The van der Waals surface area contributed by atoms with E-state index in [-0.39, 0.29) is 0 Å². The smallest absolute Gasteiger partial charge is 0.300 e. The number of anilines is 1. The van der Waals surface area contributed by atoms with Crippen molar-refractivity contribution < 1.29 is 19.5 Å². The Bertz CT molecular complexity index is 1680. The lowest BCUT2D eigenvalue weighted by molar-refractivity contribution is -0.134. The van der Waals surface area contributed by atoms with Crippen molar-refractivity contribution >= 4 is 51.7 Å². The molecule has 4 aromatic rings. The fourth-order valence-electron chi connectivity index (χ4n) is 3.90. The van der Waals surface area contributed by atoms with Crippen molar-refractivity contribution in [3.63, 3.8) is 0 Å². The summed E-state index contributed by atoms with van der Waals surface area (Å²) in [5, 5.41) is 15.8. The molecule has 0 atom stereocenters. The number of imidazole rings is 1. The first-order chi connectivity index (χ1) is 21.1. The van der Waals surface area contributed by atoms with E-state index < -0.39 is 5.97 Å². The minimum Gasteiger partial charge on any atom is -0.481 e. The van der Waals surface area contributed by atoms with Crippen molar-refractivity contribution in [3.8, 4) is 17.5 Å². The largest absolute Gasteiger partial charge is 0.481 e. The first-order valence-electron chi connectivity index (χ1n) is 13.3. The summed E-state index contributed by atoms with van der Waals surface area (Å²) in [7, 11) is 0. The number of nitrogens with zero attached hydrogens (tertiary/aromatic N) is 4. The number of allylic oxidation sites excluding steroid dienone is 2. The number of halogens is 1. The van der Waals surface area contributed by atoms with Crippen molar-refractivity contribution in [1.82, 2.24) is 9.55 Å². The van der Waals surface area contributed by atoms with Crippen LogP contribution >= 0.6 is 15.9 Å². The van der Waals surface area contributed by atoms with E-state index in [1.165, 1.54) is 11.1 Å². The highest BCUT2D eigenvalue weighted by Crippen LogP contribution is 2.30. The minimum atomic E-state index is -0.833. The number of hydrogen-bond donors (Lipinski definition) is 3. The van der Waals surface area contributed by atoms with Gasteiger partial charge in [0.2, 0.25) is 0 Å². The van der Waals surface area contributed by atoms with E-state index in [0.29, 0.717) is 22.3 Å². The molecule has 0 spiro atoms. The first kappa shape index (κ1) is 34.9. The molecule has 1 aromatic heterocycles. The Morgan fingerprint density at radius 1 is 1.05 bits per heavy atom. The van der Waals surface area contributed by atoms with Crippen molar-refractivity contribution in [2.45, 2.75) is 33.2 Å². The van der Waals surface area contributed by atoms with Gasteiger partial charge in [-0.15, -0.1) is 0 Å². The maximum atomic E-state index is 10.5. The lowest BCUT2D eigenvalue weighted by Gasteiger charge is -1.97. The fourth-order valence-corrected chi connectivity index (χ4v) is 3.90. The van der Waals surface area contributed by atoms with Crippen LogP contribution in [0.2, 0.25) is 0 Å². The zero-order chi connectivity index (χ0) is 32.5. The number of nitrogen functional groups attached to an aromatic ring is 1. The summed E-state index contributed by atoms with van der Waals surface area (Å²) >= 11 is 2.97. The average molecular weight is 658 g/mol. The maximum absolute atomic E-state index is 10.5. The number of aliphatic imine (C=N–C) groups is 1. The van der Waals surface area contributed by atoms with Crippen molar-refractivity contribution in [2.24, 2.45) is 10.7 Å². The van der Waals surface area contributed by atoms with Crippen LogP contribution in [0.1, 0.15) is 41.0 Å². The van der Waals surface area contributed by atoms with E-state index in [9.17, 15) is 9.59 Å². The second kappa shape index (κ2) is 18.3. The molecule has 0 amide bonds. The molecule has 3 heterocycles. The highest BCUT2D eigenvalue weighted by atomic mass is 79.9. The summed E-state index contributed by atoms with van der Waals surface area (Å²) in [6.45, 7) is 3.70. The summed E-state index contributed by atoms with van der Waals surface area (Å²) in [4.78, 5) is 37.6. The number of para-hydroxylation sites is 2. The molecule has 0 saturated carbocycles. The number of aldehydes is 2. The average Bonchev–Trinajstić information content (AvgIpc) is 3.70. The number of rotatable bonds is 3. The number of fused-ring (bicyclic) bond motifs is 4. The van der Waals surface area contributed by atoms with Crippen molar-refractivity contribution in [2.75, 3.05) is 5.73 Å². The van der Waals surface area contributed by atoms with Crippen LogP contribution in [0.5, 0.6) is 0 Å². The quantitative estimate of drug-likeness (QED) is 0.123. The van der Waals surface area contributed by atoms with Crippen molar-refractivity contribution in [3.05, 3.63) is 112 Å². The van der Waals surface area contributed by atoms with Gasteiger partial charge in [-0.2, -0.15) is 5.26 Å². The molecule has 0 saturated heterocycles. The van der Waals surface area contributed by atoms with Gasteiger partial charge in [-0.25, -0.2) is 9.98 Å². The Morgan fingerprint density at radius 2 is 1.66 bits per heavy atom. The molecule has 0 bridgehead atoms. The number of aliphatic carboxylic acids is 1. The van der Waals surface area contributed by atoms with Crippen LogP contribution in [0, 0.1) is 11.3 Å². The Balaban J connectivity index is 0.000000204. The van der Waals surface area contributed by atoms with Gasteiger partial charge in [0.15, 0.2) is 12.6 Å². The molecular formula is C33H33BrN6O4. The number of carbonyl (C=O) groups is 3. The molecule has 226 valence electrons. The minimum absolute atomic E-state index is 0.396. The zero-order valence-corrected chi connectivity index (χ0v) is 25.9. The highest BCUT2D eigenvalue weighted by Gasteiger charge is 2.19. The molecular weight excluding hydrogens is 624 g/mol. The predicted octanol–water partition coefficient (Wildman–Crippen LogP) is 5.87. The van der Waals surface area contributed by atoms with E-state index in [4.69, 9.17) is 26.6 Å². The fraction of sp³-hybridized carbons (Fsp3) is 0.152. The summed E-state index contributed by atoms with van der Waals surface area (Å²) in [6, 6.07) is 25.6. The molecule has 2 aliphatic heterocycles. The number of carboxylic acid groups (broad SMARTS) is 1. The zero-order valence-electron chi connectivity index (χ0n) is 24.4. The Labute approximate surface area is 264 Å². The lowest BCUT2D eigenvalue weighted by atomic mass is 10.1. The highest BCUT2D eigenvalue weighted by molar-refractivity contribution is 9.12. The van der Waals surface area contributed by atoms with Crippen LogP contribution in [0.15, 0.2) is 94.5 Å². The molecule has 10 nitrogen and oxygen atoms in total. The van der Waals surface area contributed by atoms with Gasteiger partial charge in [-0.3, -0.25) is 14.4 Å². The second-order valence-electron chi connectivity index (χ2n) is 9.15. The Morgan fingerprint density at radius 3 is 2.23 bits per heavy atom. The molecule has 2 aliphatic rings. The molecule has 5 N–H and O–H groups in total. The molecule has 0 unspecified atom stereocenters. The van der Waals surface area contributed by atoms with Gasteiger partial charge in [-0.1, -0.05) is 66.7 Å². The van der Waals surface area contributed by atoms with Gasteiger partial charge in [-0.05, 0) is 51.7 Å². The summed E-state index contributed by atoms with van der Waals surface area (Å²) in [5.74, 6) is 0.795. The molecule has 11 heteroatoms. The third kappa shape index (κ3) is 11.2. The van der Waals surface area contributed by atoms with Gasteiger partial charge in [0.25, 0.3) is 5.97 Å². The molecule has 3 aromatic carbocycles. The SMILES string of the molecule is C/C=C(/Br)C=O.CC(=O)O.N#CCc1ccccc1N.NC1=Nc2ccccc2C1.O=Cc1cn2c(n1)-c1ccccc1C2. The molecule has 0 radical (unpaired) electrons. The van der Waals surface area contributed by atoms with Crippen LogP contribution < -0.4 is 11.5 Å². The van der Waals surface area contributed by atoms with Gasteiger partial charge in [0.1, 0.15) is 17.4 Å². The van der Waals surface area contributed by atoms with Gasteiger partial charge < -0.3 is 21.1 Å². The summed E-state index contributed by atoms with van der Waals surface area (Å²) in [6.07, 6.45) is 6.23. The summed E-state index contributed by atoms with van der Waals surface area (Å²) in [5.41, 5.74) is 17.9. The molecule has 0 fully saturated rings. The first-order valence-corrected chi connectivity index (χ1v) is 14.1. The van der Waals surface area contributed by atoms with Crippen LogP contribution in [-0.4, -0.2) is 39.0 Å². The summed E-state index contributed by atoms with van der Waals surface area (Å²) < 4.78 is 2.61. The number of amidine groups is 1. The monoisotopic (exact) mass is 656 g/mol.